The summed E-state index contributed by atoms with van der Waals surface area (Å²) in [5, 5.41) is 0. The van der Waals surface area contributed by atoms with Gasteiger partial charge in [0.1, 0.15) is 0 Å². The second-order valence-corrected chi connectivity index (χ2v) is 4.35. The monoisotopic (exact) mass is 235 g/mol. The largest absolute Gasteiger partial charge is 0.280 e. The van der Waals surface area contributed by atoms with E-state index in [9.17, 15) is 0 Å². The number of benzene rings is 2. The van der Waals surface area contributed by atoms with Gasteiger partial charge in [-0.25, -0.2) is 0 Å². The Morgan fingerprint density at radius 1 is 0.889 bits per heavy atom. The normalized spacial score (nSPS) is 9.83. The molecule has 0 radical (unpaired) electrons. The van der Waals surface area contributed by atoms with Gasteiger partial charge in [-0.15, -0.1) is 0 Å². The van der Waals surface area contributed by atoms with Gasteiger partial charge in [0.15, 0.2) is 0 Å². The highest BCUT2D eigenvalue weighted by molar-refractivity contribution is 6.12. The lowest BCUT2D eigenvalue weighted by atomic mass is 10.0. The molecule has 0 atom stereocenters. The van der Waals surface area contributed by atoms with Gasteiger partial charge in [0.05, 0.1) is 12.3 Å². The predicted molar refractivity (Wildman–Crippen MR) is 78.2 cm³/mol. The third-order valence-corrected chi connectivity index (χ3v) is 2.60. The zero-order valence-electron chi connectivity index (χ0n) is 10.6. The molecule has 0 bridgehead atoms. The fourth-order valence-electron chi connectivity index (χ4n) is 1.76. The molecule has 0 aliphatic rings. The Bertz CT molecular complexity index is 497. The maximum atomic E-state index is 4.68. The molecule has 18 heavy (non-hydrogen) atoms. The zero-order chi connectivity index (χ0) is 12.8. The summed E-state index contributed by atoms with van der Waals surface area (Å²) in [5.41, 5.74) is 4.38. The van der Waals surface area contributed by atoms with Crippen molar-refractivity contribution in [1.29, 1.82) is 0 Å². The highest BCUT2D eigenvalue weighted by Gasteiger charge is 2.05. The minimum absolute atomic E-state index is 0.666. The van der Waals surface area contributed by atoms with Crippen molar-refractivity contribution in [1.82, 2.24) is 0 Å². The van der Waals surface area contributed by atoms with E-state index in [1.54, 1.807) is 0 Å². The van der Waals surface area contributed by atoms with Crippen LogP contribution in [0.1, 0.15) is 18.1 Å². The number of hydrogen-bond acceptors (Lipinski definition) is 1. The van der Waals surface area contributed by atoms with Gasteiger partial charge in [-0.1, -0.05) is 72.8 Å². The van der Waals surface area contributed by atoms with Crippen LogP contribution in [0.2, 0.25) is 0 Å². The molecule has 0 saturated heterocycles. The molecular formula is C17H17N. The molecule has 0 unspecified atom stereocenters. The van der Waals surface area contributed by atoms with E-state index >= 15 is 0 Å². The van der Waals surface area contributed by atoms with E-state index in [4.69, 9.17) is 0 Å². The third kappa shape index (κ3) is 3.17. The molecule has 0 spiro atoms. The Labute approximate surface area is 109 Å². The second kappa shape index (κ2) is 5.97. The van der Waals surface area contributed by atoms with Crippen LogP contribution in [0.3, 0.4) is 0 Å². The zero-order valence-corrected chi connectivity index (χ0v) is 10.6. The van der Waals surface area contributed by atoms with Crippen LogP contribution in [-0.2, 0) is 0 Å². The van der Waals surface area contributed by atoms with Gasteiger partial charge < -0.3 is 0 Å². The van der Waals surface area contributed by atoms with Crippen molar-refractivity contribution in [2.75, 3.05) is 6.54 Å². The fourth-order valence-corrected chi connectivity index (χ4v) is 1.76. The summed E-state index contributed by atoms with van der Waals surface area (Å²) in [6, 6.07) is 20.5. The number of hydrogen-bond donors (Lipinski definition) is 0. The Kier molecular flexibility index (Phi) is 4.08. The SMILES string of the molecule is C=C(C)CN=C(c1ccccc1)c1ccccc1. The molecule has 2 aromatic carbocycles. The Hall–Kier alpha value is -2.15. The van der Waals surface area contributed by atoms with Gasteiger partial charge >= 0.3 is 0 Å². The van der Waals surface area contributed by atoms with Crippen LogP contribution in [0.4, 0.5) is 0 Å². The fraction of sp³-hybridized carbons (Fsp3) is 0.118. The summed E-state index contributed by atoms with van der Waals surface area (Å²) in [6.07, 6.45) is 0. The topological polar surface area (TPSA) is 12.4 Å². The minimum Gasteiger partial charge on any atom is -0.280 e. The van der Waals surface area contributed by atoms with Gasteiger partial charge in [-0.05, 0) is 6.92 Å². The van der Waals surface area contributed by atoms with Crippen LogP contribution in [0.5, 0.6) is 0 Å². The van der Waals surface area contributed by atoms with Gasteiger partial charge in [-0.3, -0.25) is 4.99 Å². The highest BCUT2D eigenvalue weighted by atomic mass is 14.7. The van der Waals surface area contributed by atoms with E-state index < -0.39 is 0 Å². The van der Waals surface area contributed by atoms with Crippen LogP contribution < -0.4 is 0 Å². The summed E-state index contributed by atoms with van der Waals surface area (Å²) in [7, 11) is 0. The molecule has 0 aliphatic heterocycles. The molecule has 1 nitrogen and oxygen atoms in total. The van der Waals surface area contributed by atoms with Gasteiger partial charge in [-0.2, -0.15) is 0 Å². The van der Waals surface area contributed by atoms with Gasteiger partial charge in [0.2, 0.25) is 0 Å². The molecule has 0 aromatic heterocycles. The average Bonchev–Trinajstić information content (AvgIpc) is 2.41. The van der Waals surface area contributed by atoms with Crippen molar-refractivity contribution in [2.45, 2.75) is 6.92 Å². The van der Waals surface area contributed by atoms with E-state index in [0.717, 1.165) is 22.4 Å². The average molecular weight is 235 g/mol. The third-order valence-electron chi connectivity index (χ3n) is 2.60. The lowest BCUT2D eigenvalue weighted by Gasteiger charge is -2.07. The van der Waals surface area contributed by atoms with Crippen molar-refractivity contribution < 1.29 is 0 Å². The highest BCUT2D eigenvalue weighted by Crippen LogP contribution is 2.11. The maximum absolute atomic E-state index is 4.68. The standard InChI is InChI=1S/C17H17N/c1-14(2)13-18-17(15-9-5-3-6-10-15)16-11-7-4-8-12-16/h3-12H,1,13H2,2H3. The predicted octanol–water partition coefficient (Wildman–Crippen LogP) is 4.10. The van der Waals surface area contributed by atoms with Crippen molar-refractivity contribution >= 4 is 5.71 Å². The smallest absolute Gasteiger partial charge is 0.0722 e. The Morgan fingerprint density at radius 3 is 1.72 bits per heavy atom. The van der Waals surface area contributed by atoms with Gasteiger partial charge in [0.25, 0.3) is 0 Å². The first-order valence-corrected chi connectivity index (χ1v) is 6.07. The summed E-state index contributed by atoms with van der Waals surface area (Å²) < 4.78 is 0. The number of rotatable bonds is 4. The van der Waals surface area contributed by atoms with Crippen LogP contribution in [0.25, 0.3) is 0 Å². The molecule has 0 amide bonds. The lowest BCUT2D eigenvalue weighted by Crippen LogP contribution is -2.04. The van der Waals surface area contributed by atoms with E-state index in [2.05, 4.69) is 35.8 Å². The number of nitrogens with zero attached hydrogens (tertiary/aromatic N) is 1. The van der Waals surface area contributed by atoms with Gasteiger partial charge in [0, 0.05) is 11.1 Å². The molecule has 0 N–H and O–H groups in total. The van der Waals surface area contributed by atoms with E-state index in [1.807, 2.05) is 43.3 Å². The molecular weight excluding hydrogens is 218 g/mol. The molecule has 0 heterocycles. The first kappa shape index (κ1) is 12.3. The first-order chi connectivity index (χ1) is 8.77. The van der Waals surface area contributed by atoms with E-state index in [0.29, 0.717) is 6.54 Å². The summed E-state index contributed by atoms with van der Waals surface area (Å²) in [4.78, 5) is 4.68. The van der Waals surface area contributed by atoms with Crippen molar-refractivity contribution in [3.8, 4) is 0 Å². The molecule has 0 saturated carbocycles. The molecule has 90 valence electrons. The maximum Gasteiger partial charge on any atom is 0.0722 e. The number of aliphatic imine (C=N–C) groups is 1. The van der Waals surface area contributed by atoms with E-state index in [1.165, 1.54) is 0 Å². The van der Waals surface area contributed by atoms with Crippen LogP contribution in [-0.4, -0.2) is 12.3 Å². The van der Waals surface area contributed by atoms with Crippen LogP contribution in [0.15, 0.2) is 77.8 Å². The van der Waals surface area contributed by atoms with Crippen LogP contribution >= 0.6 is 0 Å². The quantitative estimate of drug-likeness (QED) is 0.559. The van der Waals surface area contributed by atoms with Crippen LogP contribution in [0, 0.1) is 0 Å². The molecule has 2 rings (SSSR count). The lowest BCUT2D eigenvalue weighted by molar-refractivity contribution is 1.14. The van der Waals surface area contributed by atoms with Crippen molar-refractivity contribution in [2.24, 2.45) is 4.99 Å². The molecule has 0 fully saturated rings. The summed E-state index contributed by atoms with van der Waals surface area (Å²) in [5.74, 6) is 0. The van der Waals surface area contributed by atoms with Crippen molar-refractivity contribution in [3.63, 3.8) is 0 Å². The molecule has 2 aromatic rings. The minimum atomic E-state index is 0.666. The summed E-state index contributed by atoms with van der Waals surface area (Å²) in [6.45, 7) is 6.57. The van der Waals surface area contributed by atoms with E-state index in [-0.39, 0.29) is 0 Å². The van der Waals surface area contributed by atoms with Crippen molar-refractivity contribution in [3.05, 3.63) is 83.9 Å². The second-order valence-electron chi connectivity index (χ2n) is 4.35. The Morgan fingerprint density at radius 2 is 1.33 bits per heavy atom. The molecule has 0 aliphatic carbocycles. The Balaban J connectivity index is 2.42. The first-order valence-electron chi connectivity index (χ1n) is 6.07. The summed E-state index contributed by atoms with van der Waals surface area (Å²) >= 11 is 0. The molecule has 1 heteroatoms.